The fourth-order valence-electron chi connectivity index (χ4n) is 3.25. The Hall–Kier alpha value is -2.63. The lowest BCUT2D eigenvalue weighted by Gasteiger charge is -2.20. The molecule has 11 heteroatoms. The topological polar surface area (TPSA) is 110 Å². The first-order valence-corrected chi connectivity index (χ1v) is 12.7. The van der Waals surface area contributed by atoms with Gasteiger partial charge in [0.2, 0.25) is 15.9 Å². The van der Waals surface area contributed by atoms with Gasteiger partial charge in [-0.25, -0.2) is 8.42 Å². The van der Waals surface area contributed by atoms with Crippen LogP contribution in [0.4, 0.5) is 5.69 Å². The van der Waals surface area contributed by atoms with Crippen LogP contribution in [-0.4, -0.2) is 52.2 Å². The molecular formula is C21H27N5O4S2. The molecule has 0 aliphatic rings. The van der Waals surface area contributed by atoms with Crippen molar-refractivity contribution < 1.29 is 17.6 Å². The van der Waals surface area contributed by atoms with Crippen molar-refractivity contribution in [2.24, 2.45) is 0 Å². The van der Waals surface area contributed by atoms with Crippen LogP contribution >= 0.6 is 11.8 Å². The highest BCUT2D eigenvalue weighted by molar-refractivity contribution is 7.99. The van der Waals surface area contributed by atoms with Crippen LogP contribution in [0.5, 0.6) is 0 Å². The van der Waals surface area contributed by atoms with Crippen molar-refractivity contribution in [2.75, 3.05) is 24.2 Å². The molecule has 0 spiro atoms. The van der Waals surface area contributed by atoms with E-state index in [1.165, 1.54) is 22.1 Å². The van der Waals surface area contributed by atoms with Gasteiger partial charge in [0, 0.05) is 25.3 Å². The number of nitrogens with zero attached hydrogens (tertiary/aromatic N) is 4. The number of benzene rings is 1. The van der Waals surface area contributed by atoms with E-state index in [0.717, 1.165) is 0 Å². The molecule has 32 heavy (non-hydrogen) atoms. The summed E-state index contributed by atoms with van der Waals surface area (Å²) < 4.78 is 34.5. The molecule has 0 bridgehead atoms. The second-order valence-electron chi connectivity index (χ2n) is 6.93. The summed E-state index contributed by atoms with van der Waals surface area (Å²) in [5.74, 6) is 1.04. The van der Waals surface area contributed by atoms with E-state index in [1.54, 1.807) is 51.3 Å². The predicted octanol–water partition coefficient (Wildman–Crippen LogP) is 3.63. The molecule has 9 nitrogen and oxygen atoms in total. The largest absolute Gasteiger partial charge is 0.461 e. The summed E-state index contributed by atoms with van der Waals surface area (Å²) in [5.41, 5.74) is 1.06. The number of aryl methyl sites for hydroxylation is 1. The number of amides is 1. The summed E-state index contributed by atoms with van der Waals surface area (Å²) in [7, 11) is -3.63. The lowest BCUT2D eigenvalue weighted by molar-refractivity contribution is -0.113. The minimum absolute atomic E-state index is 0.0995. The summed E-state index contributed by atoms with van der Waals surface area (Å²) in [6.45, 7) is 8.68. The Bertz CT molecular complexity index is 1170. The normalized spacial score (nSPS) is 11.8. The quantitative estimate of drug-likeness (QED) is 0.444. The van der Waals surface area contributed by atoms with Crippen molar-refractivity contribution in [3.05, 3.63) is 42.2 Å². The second kappa shape index (κ2) is 10.3. The standard InChI is InChI=1S/C21H27N5O4S2/c1-5-25(6-2)32(28,29)18-13-16(11-10-15(18)4)22-19(27)14-31-21-24-23-20(26(21)7-3)17-9-8-12-30-17/h8-13H,5-7,14H2,1-4H3,(H,22,27). The summed E-state index contributed by atoms with van der Waals surface area (Å²) in [4.78, 5) is 12.7. The molecule has 3 rings (SSSR count). The molecule has 0 aliphatic carbocycles. The number of aromatic nitrogens is 3. The minimum Gasteiger partial charge on any atom is -0.461 e. The average Bonchev–Trinajstić information content (AvgIpc) is 3.43. The number of carbonyl (C=O) groups excluding carboxylic acids is 1. The van der Waals surface area contributed by atoms with Gasteiger partial charge in [-0.05, 0) is 43.7 Å². The molecule has 0 fully saturated rings. The summed E-state index contributed by atoms with van der Waals surface area (Å²) >= 11 is 1.25. The molecule has 3 aromatic rings. The van der Waals surface area contributed by atoms with Gasteiger partial charge in [0.05, 0.1) is 16.9 Å². The lowest BCUT2D eigenvalue weighted by Crippen LogP contribution is -2.31. The molecule has 0 radical (unpaired) electrons. The number of hydrogen-bond donors (Lipinski definition) is 1. The number of anilines is 1. The van der Waals surface area contributed by atoms with Gasteiger partial charge >= 0.3 is 0 Å². The van der Waals surface area contributed by atoms with E-state index in [4.69, 9.17) is 4.42 Å². The molecule has 1 aromatic carbocycles. The van der Waals surface area contributed by atoms with Gasteiger partial charge in [-0.2, -0.15) is 4.31 Å². The van der Waals surface area contributed by atoms with Gasteiger partial charge in [-0.15, -0.1) is 10.2 Å². The highest BCUT2D eigenvalue weighted by atomic mass is 32.2. The molecule has 172 valence electrons. The Balaban J connectivity index is 1.71. The Morgan fingerprint density at radius 2 is 1.94 bits per heavy atom. The molecule has 0 atom stereocenters. The second-order valence-corrected chi connectivity index (χ2v) is 9.78. The average molecular weight is 478 g/mol. The van der Waals surface area contributed by atoms with Gasteiger partial charge in [0.1, 0.15) is 0 Å². The Labute approximate surface area is 192 Å². The molecule has 0 unspecified atom stereocenters. The van der Waals surface area contributed by atoms with Crippen LogP contribution in [0.3, 0.4) is 0 Å². The molecule has 1 N–H and O–H groups in total. The van der Waals surface area contributed by atoms with Crippen LogP contribution in [0.2, 0.25) is 0 Å². The van der Waals surface area contributed by atoms with Crippen LogP contribution < -0.4 is 5.32 Å². The van der Waals surface area contributed by atoms with Gasteiger partial charge in [0.25, 0.3) is 0 Å². The number of thioether (sulfide) groups is 1. The number of rotatable bonds is 10. The van der Waals surface area contributed by atoms with Gasteiger partial charge in [-0.1, -0.05) is 31.7 Å². The summed E-state index contributed by atoms with van der Waals surface area (Å²) in [5, 5.41) is 11.7. The third-order valence-electron chi connectivity index (χ3n) is 4.90. The third kappa shape index (κ3) is 5.05. The number of hydrogen-bond acceptors (Lipinski definition) is 7. The Morgan fingerprint density at radius 3 is 2.56 bits per heavy atom. The number of carbonyl (C=O) groups is 1. The van der Waals surface area contributed by atoms with Crippen LogP contribution in [0, 0.1) is 6.92 Å². The van der Waals surface area contributed by atoms with Crippen molar-refractivity contribution in [1.82, 2.24) is 19.1 Å². The zero-order chi connectivity index (χ0) is 23.3. The zero-order valence-electron chi connectivity index (χ0n) is 18.5. The van der Waals surface area contributed by atoms with E-state index in [-0.39, 0.29) is 16.6 Å². The van der Waals surface area contributed by atoms with E-state index in [9.17, 15) is 13.2 Å². The first-order chi connectivity index (χ1) is 15.3. The summed E-state index contributed by atoms with van der Waals surface area (Å²) in [6.07, 6.45) is 1.57. The molecular weight excluding hydrogens is 450 g/mol. The van der Waals surface area contributed by atoms with Crippen LogP contribution in [0.1, 0.15) is 26.3 Å². The highest BCUT2D eigenvalue weighted by Gasteiger charge is 2.24. The van der Waals surface area contributed by atoms with E-state index in [1.807, 2.05) is 11.5 Å². The molecule has 2 heterocycles. The van der Waals surface area contributed by atoms with Gasteiger partial charge < -0.3 is 9.73 Å². The van der Waals surface area contributed by atoms with Crippen LogP contribution in [0.25, 0.3) is 11.6 Å². The van der Waals surface area contributed by atoms with E-state index >= 15 is 0 Å². The fraction of sp³-hybridized carbons (Fsp3) is 0.381. The minimum atomic E-state index is -3.63. The van der Waals surface area contributed by atoms with E-state index in [2.05, 4.69) is 15.5 Å². The molecule has 1 amide bonds. The fourth-order valence-corrected chi connectivity index (χ4v) is 5.77. The van der Waals surface area contributed by atoms with Crippen molar-refractivity contribution in [1.29, 1.82) is 0 Å². The van der Waals surface area contributed by atoms with Crippen molar-refractivity contribution in [3.63, 3.8) is 0 Å². The molecule has 2 aromatic heterocycles. The van der Waals surface area contributed by atoms with Gasteiger partial charge in [0.15, 0.2) is 16.7 Å². The first kappa shape index (κ1) is 24.0. The maximum atomic E-state index is 12.9. The Kier molecular flexibility index (Phi) is 7.75. The smallest absolute Gasteiger partial charge is 0.243 e. The summed E-state index contributed by atoms with van der Waals surface area (Å²) in [6, 6.07) is 8.49. The SMILES string of the molecule is CCN(CC)S(=O)(=O)c1cc(NC(=O)CSc2nnc(-c3ccco3)n2CC)ccc1C. The predicted molar refractivity (Wildman–Crippen MR) is 124 cm³/mol. The zero-order valence-corrected chi connectivity index (χ0v) is 20.2. The highest BCUT2D eigenvalue weighted by Crippen LogP contribution is 2.26. The third-order valence-corrected chi connectivity index (χ3v) is 8.06. The molecule has 0 saturated heterocycles. The van der Waals surface area contributed by atoms with E-state index in [0.29, 0.717) is 47.6 Å². The first-order valence-electron chi connectivity index (χ1n) is 10.3. The van der Waals surface area contributed by atoms with Gasteiger partial charge in [-0.3, -0.25) is 9.36 Å². The maximum absolute atomic E-state index is 12.9. The Morgan fingerprint density at radius 1 is 1.19 bits per heavy atom. The number of furan rings is 1. The maximum Gasteiger partial charge on any atom is 0.243 e. The van der Waals surface area contributed by atoms with E-state index < -0.39 is 10.0 Å². The monoisotopic (exact) mass is 477 g/mol. The van der Waals surface area contributed by atoms with Crippen molar-refractivity contribution >= 4 is 33.4 Å². The number of nitrogens with one attached hydrogen (secondary N) is 1. The number of sulfonamides is 1. The van der Waals surface area contributed by atoms with Crippen LogP contribution in [-0.2, 0) is 21.4 Å². The van der Waals surface area contributed by atoms with Crippen LogP contribution in [0.15, 0.2) is 51.1 Å². The van der Waals surface area contributed by atoms with Crippen molar-refractivity contribution in [3.8, 4) is 11.6 Å². The molecule has 0 aliphatic heterocycles. The lowest BCUT2D eigenvalue weighted by atomic mass is 10.2. The van der Waals surface area contributed by atoms with Crippen molar-refractivity contribution in [2.45, 2.75) is 44.3 Å². The molecule has 0 saturated carbocycles.